The van der Waals surface area contributed by atoms with Crippen LogP contribution < -0.4 is 5.73 Å². The molecule has 2 heteroatoms. The van der Waals surface area contributed by atoms with E-state index >= 15 is 0 Å². The second-order valence-electron chi connectivity index (χ2n) is 4.88. The highest BCUT2D eigenvalue weighted by molar-refractivity contribution is 4.89. The lowest BCUT2D eigenvalue weighted by atomic mass is 9.86. The Kier molecular flexibility index (Phi) is 2.89. The number of nitrogens with two attached hydrogens (primary N) is 1. The van der Waals surface area contributed by atoms with Crippen LogP contribution in [0.1, 0.15) is 44.9 Å². The van der Waals surface area contributed by atoms with Crippen LogP contribution in [0, 0.1) is 5.92 Å². The zero-order valence-corrected chi connectivity index (χ0v) is 8.43. The number of rotatable bonds is 4. The van der Waals surface area contributed by atoms with Gasteiger partial charge in [-0.05, 0) is 31.6 Å². The van der Waals surface area contributed by atoms with Crippen LogP contribution in [-0.2, 0) is 4.74 Å². The minimum Gasteiger partial charge on any atom is -0.379 e. The van der Waals surface area contributed by atoms with Gasteiger partial charge in [0.05, 0.1) is 6.61 Å². The standard InChI is InChI=1S/C11H21NO/c12-11(6-1-2-7-11)9-13-8-10-4-3-5-10/h10H,1-9,12H2. The Balaban J connectivity index is 1.60. The van der Waals surface area contributed by atoms with Gasteiger partial charge < -0.3 is 10.5 Å². The monoisotopic (exact) mass is 183 g/mol. The molecule has 76 valence electrons. The fourth-order valence-corrected chi connectivity index (χ4v) is 2.31. The third-order valence-electron chi connectivity index (χ3n) is 3.57. The summed E-state index contributed by atoms with van der Waals surface area (Å²) in [5.74, 6) is 0.852. The van der Waals surface area contributed by atoms with E-state index in [1.54, 1.807) is 0 Å². The van der Waals surface area contributed by atoms with Gasteiger partial charge in [0, 0.05) is 12.1 Å². The highest BCUT2D eigenvalue weighted by Gasteiger charge is 2.30. The second kappa shape index (κ2) is 3.97. The molecule has 2 rings (SSSR count). The topological polar surface area (TPSA) is 35.2 Å². The molecule has 13 heavy (non-hydrogen) atoms. The van der Waals surface area contributed by atoms with Gasteiger partial charge in [-0.25, -0.2) is 0 Å². The molecule has 0 aromatic heterocycles. The first-order chi connectivity index (χ1) is 6.29. The van der Waals surface area contributed by atoms with Gasteiger partial charge in [0.2, 0.25) is 0 Å². The van der Waals surface area contributed by atoms with Crippen LogP contribution >= 0.6 is 0 Å². The van der Waals surface area contributed by atoms with Gasteiger partial charge >= 0.3 is 0 Å². The van der Waals surface area contributed by atoms with Crippen LogP contribution in [0.2, 0.25) is 0 Å². The van der Waals surface area contributed by atoms with Crippen molar-refractivity contribution in [3.8, 4) is 0 Å². The molecule has 2 N–H and O–H groups in total. The van der Waals surface area contributed by atoms with Crippen molar-refractivity contribution in [3.05, 3.63) is 0 Å². The van der Waals surface area contributed by atoms with E-state index in [0.29, 0.717) is 0 Å². The van der Waals surface area contributed by atoms with Crippen molar-refractivity contribution in [2.24, 2.45) is 11.7 Å². The van der Waals surface area contributed by atoms with Crippen molar-refractivity contribution >= 4 is 0 Å². The SMILES string of the molecule is NC1(COCC2CCC2)CCCC1. The highest BCUT2D eigenvalue weighted by atomic mass is 16.5. The second-order valence-corrected chi connectivity index (χ2v) is 4.88. The van der Waals surface area contributed by atoms with Gasteiger partial charge in [-0.15, -0.1) is 0 Å². The Morgan fingerprint density at radius 3 is 2.38 bits per heavy atom. The zero-order chi connectivity index (χ0) is 9.15. The fraction of sp³-hybridized carbons (Fsp3) is 1.00. The van der Waals surface area contributed by atoms with Gasteiger partial charge in [0.1, 0.15) is 0 Å². The van der Waals surface area contributed by atoms with Crippen LogP contribution in [-0.4, -0.2) is 18.8 Å². The molecule has 0 aromatic rings. The molecule has 0 spiro atoms. The summed E-state index contributed by atoms with van der Waals surface area (Å²) in [7, 11) is 0. The van der Waals surface area contributed by atoms with E-state index < -0.39 is 0 Å². The Morgan fingerprint density at radius 2 is 1.85 bits per heavy atom. The van der Waals surface area contributed by atoms with Crippen LogP contribution in [0.25, 0.3) is 0 Å². The first kappa shape index (κ1) is 9.47. The molecule has 2 saturated carbocycles. The van der Waals surface area contributed by atoms with Crippen molar-refractivity contribution in [2.45, 2.75) is 50.5 Å². The quantitative estimate of drug-likeness (QED) is 0.724. The maximum Gasteiger partial charge on any atom is 0.0646 e. The summed E-state index contributed by atoms with van der Waals surface area (Å²) in [5.41, 5.74) is 6.21. The molecule has 0 heterocycles. The van der Waals surface area contributed by atoms with E-state index in [2.05, 4.69) is 0 Å². The molecule has 0 saturated heterocycles. The highest BCUT2D eigenvalue weighted by Crippen LogP contribution is 2.29. The van der Waals surface area contributed by atoms with Gasteiger partial charge in [-0.1, -0.05) is 19.3 Å². The summed E-state index contributed by atoms with van der Waals surface area (Å²) >= 11 is 0. The summed E-state index contributed by atoms with van der Waals surface area (Å²) < 4.78 is 5.70. The minimum atomic E-state index is 0.0315. The number of ether oxygens (including phenoxy) is 1. The fourth-order valence-electron chi connectivity index (χ4n) is 2.31. The Bertz CT molecular complexity index is 159. The largest absolute Gasteiger partial charge is 0.379 e. The first-order valence-electron chi connectivity index (χ1n) is 5.65. The molecule has 2 nitrogen and oxygen atoms in total. The van der Waals surface area contributed by atoms with Crippen LogP contribution in [0.15, 0.2) is 0 Å². The van der Waals surface area contributed by atoms with E-state index in [0.717, 1.165) is 32.0 Å². The van der Waals surface area contributed by atoms with Gasteiger partial charge in [0.15, 0.2) is 0 Å². The van der Waals surface area contributed by atoms with Crippen molar-refractivity contribution in [2.75, 3.05) is 13.2 Å². The molecule has 0 atom stereocenters. The maximum absolute atomic E-state index is 6.18. The van der Waals surface area contributed by atoms with Crippen molar-refractivity contribution < 1.29 is 4.74 Å². The van der Waals surface area contributed by atoms with Crippen LogP contribution in [0.5, 0.6) is 0 Å². The lowest BCUT2D eigenvalue weighted by Gasteiger charge is -2.28. The van der Waals surface area contributed by atoms with E-state index in [1.807, 2.05) is 0 Å². The molecule has 0 bridgehead atoms. The molecule has 0 unspecified atom stereocenters. The zero-order valence-electron chi connectivity index (χ0n) is 8.43. The summed E-state index contributed by atoms with van der Waals surface area (Å²) in [4.78, 5) is 0. The van der Waals surface area contributed by atoms with Gasteiger partial charge in [-0.3, -0.25) is 0 Å². The lowest BCUT2D eigenvalue weighted by Crippen LogP contribution is -2.42. The number of hydrogen-bond donors (Lipinski definition) is 1. The molecule has 0 aromatic carbocycles. The van der Waals surface area contributed by atoms with Crippen molar-refractivity contribution in [3.63, 3.8) is 0 Å². The predicted octanol–water partition coefficient (Wildman–Crippen LogP) is 2.07. The summed E-state index contributed by atoms with van der Waals surface area (Å²) in [5, 5.41) is 0. The molecule has 2 aliphatic rings. The lowest BCUT2D eigenvalue weighted by molar-refractivity contribution is 0.0400. The Morgan fingerprint density at radius 1 is 1.15 bits per heavy atom. The van der Waals surface area contributed by atoms with Crippen LogP contribution in [0.3, 0.4) is 0 Å². The van der Waals surface area contributed by atoms with E-state index in [4.69, 9.17) is 10.5 Å². The maximum atomic E-state index is 6.18. The molecule has 2 aliphatic carbocycles. The minimum absolute atomic E-state index is 0.0315. The Hall–Kier alpha value is -0.0800. The molecule has 0 amide bonds. The van der Waals surface area contributed by atoms with E-state index in [9.17, 15) is 0 Å². The van der Waals surface area contributed by atoms with Crippen LogP contribution in [0.4, 0.5) is 0 Å². The summed E-state index contributed by atoms with van der Waals surface area (Å²) in [6.07, 6.45) is 9.07. The molecule has 0 aliphatic heterocycles. The molecule has 2 fully saturated rings. The van der Waals surface area contributed by atoms with Gasteiger partial charge in [-0.2, -0.15) is 0 Å². The number of hydrogen-bond acceptors (Lipinski definition) is 2. The smallest absolute Gasteiger partial charge is 0.0646 e. The molecular weight excluding hydrogens is 162 g/mol. The summed E-state index contributed by atoms with van der Waals surface area (Å²) in [6, 6.07) is 0. The average molecular weight is 183 g/mol. The molecular formula is C11H21NO. The third kappa shape index (κ3) is 2.44. The van der Waals surface area contributed by atoms with E-state index in [1.165, 1.54) is 32.1 Å². The average Bonchev–Trinajstić information content (AvgIpc) is 2.43. The molecule has 0 radical (unpaired) electrons. The Labute approximate surface area is 80.8 Å². The summed E-state index contributed by atoms with van der Waals surface area (Å²) in [6.45, 7) is 1.75. The first-order valence-corrected chi connectivity index (χ1v) is 5.65. The van der Waals surface area contributed by atoms with E-state index in [-0.39, 0.29) is 5.54 Å². The predicted molar refractivity (Wildman–Crippen MR) is 53.5 cm³/mol. The van der Waals surface area contributed by atoms with Gasteiger partial charge in [0.25, 0.3) is 0 Å². The normalized spacial score (nSPS) is 27.5. The third-order valence-corrected chi connectivity index (χ3v) is 3.57. The van der Waals surface area contributed by atoms with Crippen molar-refractivity contribution in [1.29, 1.82) is 0 Å². The van der Waals surface area contributed by atoms with Crippen molar-refractivity contribution in [1.82, 2.24) is 0 Å².